The van der Waals surface area contributed by atoms with E-state index in [1.807, 2.05) is 12.1 Å². The molecule has 0 aliphatic rings. The minimum absolute atomic E-state index is 0.0172. The third kappa shape index (κ3) is 4.26. The molecule has 0 bridgehead atoms. The summed E-state index contributed by atoms with van der Waals surface area (Å²) in [4.78, 5) is 12.1. The van der Waals surface area contributed by atoms with Gasteiger partial charge in [-0.05, 0) is 42.0 Å². The maximum absolute atomic E-state index is 13.7. The van der Waals surface area contributed by atoms with E-state index in [-0.39, 0.29) is 11.3 Å². The zero-order valence-electron chi connectivity index (χ0n) is 11.1. The minimum atomic E-state index is -0.663. The van der Waals surface area contributed by atoms with Crippen LogP contribution in [-0.2, 0) is 4.79 Å². The summed E-state index contributed by atoms with van der Waals surface area (Å²) in [6, 6.07) is 13.2. The molecule has 0 radical (unpaired) electrons. The largest absolute Gasteiger partial charge is 0.319 e. The molecule has 3 nitrogen and oxygen atoms in total. The van der Waals surface area contributed by atoms with Crippen LogP contribution in [0.4, 0.5) is 10.1 Å². The number of nitriles is 1. The van der Waals surface area contributed by atoms with Crippen molar-refractivity contribution < 1.29 is 9.18 Å². The summed E-state index contributed by atoms with van der Waals surface area (Å²) in [5.74, 6) is -1.24. The lowest BCUT2D eigenvalue weighted by molar-refractivity contribution is -0.112. The van der Waals surface area contributed by atoms with Gasteiger partial charge in [-0.25, -0.2) is 4.39 Å². The van der Waals surface area contributed by atoms with Gasteiger partial charge in [0.25, 0.3) is 5.91 Å². The molecule has 110 valence electrons. The van der Waals surface area contributed by atoms with Crippen molar-refractivity contribution in [1.29, 1.82) is 5.26 Å². The summed E-state index contributed by atoms with van der Waals surface area (Å²) >= 11 is 6.45. The second-order valence-corrected chi connectivity index (χ2v) is 6.13. The molecule has 2 rings (SSSR count). The number of nitrogens with one attached hydrogen (secondary N) is 1. The van der Waals surface area contributed by atoms with Crippen LogP contribution in [0.5, 0.6) is 0 Å². The van der Waals surface area contributed by atoms with Crippen molar-refractivity contribution in [2.45, 2.75) is 0 Å². The molecule has 1 N–H and O–H groups in total. The molecule has 0 aliphatic carbocycles. The summed E-state index contributed by atoms with van der Waals surface area (Å²) in [7, 11) is 0. The molecular weight excluding hydrogens is 415 g/mol. The van der Waals surface area contributed by atoms with Gasteiger partial charge in [0.1, 0.15) is 17.5 Å². The molecule has 2 aromatic rings. The van der Waals surface area contributed by atoms with E-state index in [0.29, 0.717) is 10.0 Å². The highest BCUT2D eigenvalue weighted by Crippen LogP contribution is 2.20. The molecule has 0 spiro atoms. The summed E-state index contributed by atoms with van der Waals surface area (Å²) in [5, 5.41) is 11.5. The Kier molecular flexibility index (Phi) is 5.47. The highest BCUT2D eigenvalue weighted by Gasteiger charge is 2.12. The highest BCUT2D eigenvalue weighted by atomic mass is 79.9. The normalized spacial score (nSPS) is 10.9. The maximum atomic E-state index is 13.7. The molecule has 0 fully saturated rings. The number of hydrogen-bond acceptors (Lipinski definition) is 2. The van der Waals surface area contributed by atoms with Crippen molar-refractivity contribution >= 4 is 49.5 Å². The van der Waals surface area contributed by atoms with Crippen LogP contribution in [0.2, 0.25) is 0 Å². The third-order valence-corrected chi connectivity index (χ3v) is 3.69. The number of halogens is 3. The van der Waals surface area contributed by atoms with Gasteiger partial charge in [-0.2, -0.15) is 5.26 Å². The van der Waals surface area contributed by atoms with Crippen LogP contribution in [-0.4, -0.2) is 5.91 Å². The number of amides is 1. The lowest BCUT2D eigenvalue weighted by Crippen LogP contribution is -2.14. The minimum Gasteiger partial charge on any atom is -0.319 e. The summed E-state index contributed by atoms with van der Waals surface area (Å²) in [6.45, 7) is 0. The quantitative estimate of drug-likeness (QED) is 0.564. The van der Waals surface area contributed by atoms with Gasteiger partial charge < -0.3 is 5.32 Å². The highest BCUT2D eigenvalue weighted by molar-refractivity contribution is 9.10. The predicted molar refractivity (Wildman–Crippen MR) is 90.5 cm³/mol. The molecule has 6 heteroatoms. The topological polar surface area (TPSA) is 52.9 Å². The van der Waals surface area contributed by atoms with Crippen LogP contribution in [0, 0.1) is 17.1 Å². The van der Waals surface area contributed by atoms with Crippen LogP contribution in [0.15, 0.2) is 57.0 Å². The zero-order valence-corrected chi connectivity index (χ0v) is 14.3. The SMILES string of the molecule is N#CC(=Cc1cccc(Br)c1)C(=O)Nc1ccc(Br)cc1F. The van der Waals surface area contributed by atoms with Crippen LogP contribution < -0.4 is 5.32 Å². The molecular formula is C16H9Br2FN2O. The molecule has 1 amide bonds. The van der Waals surface area contributed by atoms with Crippen molar-refractivity contribution in [2.24, 2.45) is 0 Å². The number of carbonyl (C=O) groups excluding carboxylic acids is 1. The first-order chi connectivity index (χ1) is 10.5. The molecule has 0 unspecified atom stereocenters. The molecule has 2 aromatic carbocycles. The number of hydrogen-bond donors (Lipinski definition) is 1. The van der Waals surface area contributed by atoms with Crippen molar-refractivity contribution in [3.63, 3.8) is 0 Å². The lowest BCUT2D eigenvalue weighted by Gasteiger charge is -2.06. The Morgan fingerprint density at radius 1 is 1.18 bits per heavy atom. The van der Waals surface area contributed by atoms with E-state index in [9.17, 15) is 9.18 Å². The second-order valence-electron chi connectivity index (χ2n) is 4.30. The summed E-state index contributed by atoms with van der Waals surface area (Å²) in [5.41, 5.74) is 0.598. The average Bonchev–Trinajstić information content (AvgIpc) is 2.47. The second kappa shape index (κ2) is 7.34. The number of benzene rings is 2. The van der Waals surface area contributed by atoms with Gasteiger partial charge >= 0.3 is 0 Å². The van der Waals surface area contributed by atoms with Gasteiger partial charge in [0, 0.05) is 8.95 Å². The Balaban J connectivity index is 2.24. The van der Waals surface area contributed by atoms with Gasteiger partial charge in [-0.15, -0.1) is 0 Å². The third-order valence-electron chi connectivity index (χ3n) is 2.70. The van der Waals surface area contributed by atoms with E-state index >= 15 is 0 Å². The Hall–Kier alpha value is -1.97. The smallest absolute Gasteiger partial charge is 0.266 e. The Labute approximate surface area is 143 Å². The first kappa shape index (κ1) is 16.4. The van der Waals surface area contributed by atoms with Gasteiger partial charge in [-0.1, -0.05) is 44.0 Å². The lowest BCUT2D eigenvalue weighted by atomic mass is 10.1. The Bertz CT molecular complexity index is 797. The van der Waals surface area contributed by atoms with Gasteiger partial charge in [0.2, 0.25) is 0 Å². The van der Waals surface area contributed by atoms with Gasteiger partial charge in [0.05, 0.1) is 5.69 Å². The van der Waals surface area contributed by atoms with E-state index in [1.54, 1.807) is 24.3 Å². The number of carbonyl (C=O) groups is 1. The van der Waals surface area contributed by atoms with E-state index in [1.165, 1.54) is 18.2 Å². The maximum Gasteiger partial charge on any atom is 0.266 e. The predicted octanol–water partition coefficient (Wildman–Crippen LogP) is 4.90. The van der Waals surface area contributed by atoms with Crippen molar-refractivity contribution in [2.75, 3.05) is 5.32 Å². The molecule has 22 heavy (non-hydrogen) atoms. The van der Waals surface area contributed by atoms with Crippen LogP contribution >= 0.6 is 31.9 Å². The Morgan fingerprint density at radius 2 is 1.91 bits per heavy atom. The van der Waals surface area contributed by atoms with E-state index in [2.05, 4.69) is 37.2 Å². The number of rotatable bonds is 3. The van der Waals surface area contributed by atoms with Gasteiger partial charge in [0.15, 0.2) is 0 Å². The van der Waals surface area contributed by atoms with Crippen molar-refractivity contribution in [3.8, 4) is 6.07 Å². The fourth-order valence-electron chi connectivity index (χ4n) is 1.69. The summed E-state index contributed by atoms with van der Waals surface area (Å²) in [6.07, 6.45) is 1.44. The first-order valence-electron chi connectivity index (χ1n) is 6.13. The zero-order chi connectivity index (χ0) is 16.1. The number of anilines is 1. The van der Waals surface area contributed by atoms with Crippen LogP contribution in [0.3, 0.4) is 0 Å². The van der Waals surface area contributed by atoms with E-state index < -0.39 is 11.7 Å². The fourth-order valence-corrected chi connectivity index (χ4v) is 2.44. The molecule has 0 aliphatic heterocycles. The molecule has 0 heterocycles. The van der Waals surface area contributed by atoms with E-state index in [4.69, 9.17) is 5.26 Å². The van der Waals surface area contributed by atoms with Crippen molar-refractivity contribution in [1.82, 2.24) is 0 Å². The average molecular weight is 424 g/mol. The number of nitrogens with zero attached hydrogens (tertiary/aromatic N) is 1. The molecule has 0 aromatic heterocycles. The monoisotopic (exact) mass is 422 g/mol. The Morgan fingerprint density at radius 3 is 2.55 bits per heavy atom. The van der Waals surface area contributed by atoms with Gasteiger partial charge in [-0.3, -0.25) is 4.79 Å². The first-order valence-corrected chi connectivity index (χ1v) is 7.72. The standard InChI is InChI=1S/C16H9Br2FN2O/c17-12-3-1-2-10(7-12)6-11(9-20)16(22)21-15-5-4-13(18)8-14(15)19/h1-8H,(H,21,22). The molecule has 0 saturated carbocycles. The van der Waals surface area contributed by atoms with E-state index in [0.717, 1.165) is 4.47 Å². The van der Waals surface area contributed by atoms with Crippen LogP contribution in [0.1, 0.15) is 5.56 Å². The summed E-state index contributed by atoms with van der Waals surface area (Å²) < 4.78 is 15.1. The fraction of sp³-hybridized carbons (Fsp3) is 0. The molecule has 0 atom stereocenters. The van der Waals surface area contributed by atoms with Crippen molar-refractivity contribution in [3.05, 3.63) is 68.4 Å². The van der Waals surface area contributed by atoms with Crippen LogP contribution in [0.25, 0.3) is 6.08 Å². The molecule has 0 saturated heterocycles.